The van der Waals surface area contributed by atoms with E-state index in [4.69, 9.17) is 9.72 Å². The number of aromatic nitrogens is 2. The van der Waals surface area contributed by atoms with Crippen LogP contribution < -0.4 is 4.90 Å². The normalized spacial score (nSPS) is 15.3. The lowest BCUT2D eigenvalue weighted by Crippen LogP contribution is -2.36. The Morgan fingerprint density at radius 2 is 2.04 bits per heavy atom. The second kappa shape index (κ2) is 6.26. The number of aryl methyl sites for hydroxylation is 1. The number of rotatable bonds is 3. The van der Waals surface area contributed by atoms with Gasteiger partial charge in [-0.25, -0.2) is 4.98 Å². The van der Waals surface area contributed by atoms with E-state index in [-0.39, 0.29) is 0 Å². The van der Waals surface area contributed by atoms with Crippen LogP contribution in [0.4, 0.5) is 5.13 Å². The van der Waals surface area contributed by atoms with Crippen molar-refractivity contribution in [2.45, 2.75) is 13.3 Å². The van der Waals surface area contributed by atoms with Gasteiger partial charge < -0.3 is 9.64 Å². The van der Waals surface area contributed by atoms with Gasteiger partial charge in [0.1, 0.15) is 0 Å². The van der Waals surface area contributed by atoms with Crippen molar-refractivity contribution < 1.29 is 4.74 Å². The standard InChI is InChI=1S/C18H19N3OS/c1-13-17(20-18(23-13)21-6-8-22-9-7-21)11-14-10-15-4-2-3-5-16(15)19-12-14/h2-5,10,12H,6-9,11H2,1H3. The number of hydrogen-bond donors (Lipinski definition) is 0. The van der Waals surface area contributed by atoms with Gasteiger partial charge in [-0.1, -0.05) is 18.2 Å². The monoisotopic (exact) mass is 325 g/mol. The van der Waals surface area contributed by atoms with Crippen LogP contribution in [0.15, 0.2) is 36.5 Å². The van der Waals surface area contributed by atoms with Crippen molar-refractivity contribution in [2.24, 2.45) is 0 Å². The second-order valence-corrected chi connectivity index (χ2v) is 6.99. The third-order valence-electron chi connectivity index (χ3n) is 4.18. The van der Waals surface area contributed by atoms with Crippen molar-refractivity contribution in [2.75, 3.05) is 31.2 Å². The smallest absolute Gasteiger partial charge is 0.185 e. The van der Waals surface area contributed by atoms with Crippen molar-refractivity contribution in [3.8, 4) is 0 Å². The van der Waals surface area contributed by atoms with E-state index in [1.165, 1.54) is 15.8 Å². The molecule has 3 heterocycles. The minimum atomic E-state index is 0.794. The molecule has 23 heavy (non-hydrogen) atoms. The molecule has 118 valence electrons. The van der Waals surface area contributed by atoms with Gasteiger partial charge >= 0.3 is 0 Å². The number of anilines is 1. The van der Waals surface area contributed by atoms with Gasteiger partial charge in [-0.3, -0.25) is 4.98 Å². The number of nitrogens with zero attached hydrogens (tertiary/aromatic N) is 3. The summed E-state index contributed by atoms with van der Waals surface area (Å²) in [5.74, 6) is 0. The Morgan fingerprint density at radius 3 is 2.91 bits per heavy atom. The van der Waals surface area contributed by atoms with E-state index in [0.29, 0.717) is 0 Å². The molecule has 4 nitrogen and oxygen atoms in total. The maximum absolute atomic E-state index is 5.42. The molecule has 3 aromatic rings. The number of morpholine rings is 1. The first kappa shape index (κ1) is 14.6. The Kier molecular flexibility index (Phi) is 3.97. The van der Waals surface area contributed by atoms with E-state index in [1.807, 2.05) is 18.3 Å². The maximum Gasteiger partial charge on any atom is 0.185 e. The van der Waals surface area contributed by atoms with Crippen LogP contribution in [0.3, 0.4) is 0 Å². The summed E-state index contributed by atoms with van der Waals surface area (Å²) in [6.07, 6.45) is 2.81. The number of hydrogen-bond acceptors (Lipinski definition) is 5. The summed E-state index contributed by atoms with van der Waals surface area (Å²) in [6, 6.07) is 10.4. The fourth-order valence-electron chi connectivity index (χ4n) is 2.87. The van der Waals surface area contributed by atoms with Gasteiger partial charge in [-0.15, -0.1) is 11.3 Å². The van der Waals surface area contributed by atoms with Crippen LogP contribution in [-0.4, -0.2) is 36.3 Å². The third kappa shape index (κ3) is 3.07. The molecule has 0 spiro atoms. The fraction of sp³-hybridized carbons (Fsp3) is 0.333. The lowest BCUT2D eigenvalue weighted by Gasteiger charge is -2.26. The molecular weight excluding hydrogens is 306 g/mol. The summed E-state index contributed by atoms with van der Waals surface area (Å²) in [5, 5.41) is 2.31. The maximum atomic E-state index is 5.42. The van der Waals surface area contributed by atoms with Crippen LogP contribution in [0.2, 0.25) is 0 Å². The van der Waals surface area contributed by atoms with Gasteiger partial charge in [0.15, 0.2) is 5.13 Å². The molecule has 0 bridgehead atoms. The predicted octanol–water partition coefficient (Wildman–Crippen LogP) is 3.43. The highest BCUT2D eigenvalue weighted by Gasteiger charge is 2.17. The van der Waals surface area contributed by atoms with E-state index in [9.17, 15) is 0 Å². The Balaban J connectivity index is 1.58. The van der Waals surface area contributed by atoms with E-state index in [0.717, 1.165) is 49.1 Å². The number of thiazole rings is 1. The molecule has 0 atom stereocenters. The summed E-state index contributed by atoms with van der Waals surface area (Å²) in [6.45, 7) is 5.62. The van der Waals surface area contributed by atoms with Crippen LogP contribution in [0.1, 0.15) is 16.1 Å². The number of pyridine rings is 1. The fourth-order valence-corrected chi connectivity index (χ4v) is 3.85. The van der Waals surface area contributed by atoms with Crippen LogP contribution in [0.25, 0.3) is 10.9 Å². The molecule has 1 fully saturated rings. The van der Waals surface area contributed by atoms with Crippen LogP contribution >= 0.6 is 11.3 Å². The number of ether oxygens (including phenoxy) is 1. The molecule has 0 radical (unpaired) electrons. The summed E-state index contributed by atoms with van der Waals surface area (Å²) >= 11 is 1.78. The Morgan fingerprint density at radius 1 is 1.22 bits per heavy atom. The van der Waals surface area contributed by atoms with Gasteiger partial charge in [-0.2, -0.15) is 0 Å². The quantitative estimate of drug-likeness (QED) is 0.739. The number of para-hydroxylation sites is 1. The average molecular weight is 325 g/mol. The topological polar surface area (TPSA) is 38.2 Å². The Bertz CT molecular complexity index is 824. The van der Waals surface area contributed by atoms with Crippen LogP contribution in [0, 0.1) is 6.92 Å². The zero-order valence-corrected chi connectivity index (χ0v) is 14.0. The van der Waals surface area contributed by atoms with Gasteiger partial charge in [0, 0.05) is 36.0 Å². The molecule has 1 aliphatic rings. The van der Waals surface area contributed by atoms with Gasteiger partial charge in [0.25, 0.3) is 0 Å². The minimum absolute atomic E-state index is 0.794. The zero-order chi connectivity index (χ0) is 15.6. The average Bonchev–Trinajstić information content (AvgIpc) is 2.96. The summed E-state index contributed by atoms with van der Waals surface area (Å²) < 4.78 is 5.42. The van der Waals surface area contributed by atoms with E-state index < -0.39 is 0 Å². The molecular formula is C18H19N3OS. The number of benzene rings is 1. The highest BCUT2D eigenvalue weighted by molar-refractivity contribution is 7.15. The van der Waals surface area contributed by atoms with Crippen molar-refractivity contribution in [3.05, 3.63) is 52.7 Å². The first-order valence-corrected chi connectivity index (χ1v) is 8.74. The lowest BCUT2D eigenvalue weighted by molar-refractivity contribution is 0.122. The summed E-state index contributed by atoms with van der Waals surface area (Å²) in [7, 11) is 0. The molecule has 4 rings (SSSR count). The molecule has 1 aromatic carbocycles. The first-order chi connectivity index (χ1) is 11.3. The van der Waals surface area contributed by atoms with Gasteiger partial charge in [0.2, 0.25) is 0 Å². The third-order valence-corrected chi connectivity index (χ3v) is 5.26. The minimum Gasteiger partial charge on any atom is -0.378 e. The highest BCUT2D eigenvalue weighted by atomic mass is 32.1. The lowest BCUT2D eigenvalue weighted by atomic mass is 10.1. The molecule has 1 saturated heterocycles. The van der Waals surface area contributed by atoms with Gasteiger partial charge in [-0.05, 0) is 24.6 Å². The second-order valence-electron chi connectivity index (χ2n) is 5.81. The van der Waals surface area contributed by atoms with Crippen molar-refractivity contribution in [1.29, 1.82) is 0 Å². The predicted molar refractivity (Wildman–Crippen MR) is 94.4 cm³/mol. The number of fused-ring (bicyclic) bond motifs is 1. The Labute approximate surface area is 139 Å². The molecule has 0 saturated carbocycles. The van der Waals surface area contributed by atoms with Crippen molar-refractivity contribution in [3.63, 3.8) is 0 Å². The SMILES string of the molecule is Cc1sc(N2CCOCC2)nc1Cc1cnc2ccccc2c1. The molecule has 2 aromatic heterocycles. The highest BCUT2D eigenvalue weighted by Crippen LogP contribution is 2.28. The van der Waals surface area contributed by atoms with Crippen LogP contribution in [0.5, 0.6) is 0 Å². The van der Waals surface area contributed by atoms with Gasteiger partial charge in [0.05, 0.1) is 24.4 Å². The van der Waals surface area contributed by atoms with Crippen molar-refractivity contribution in [1.82, 2.24) is 9.97 Å². The zero-order valence-electron chi connectivity index (χ0n) is 13.2. The molecule has 5 heteroatoms. The van der Waals surface area contributed by atoms with Crippen molar-refractivity contribution >= 4 is 27.4 Å². The first-order valence-electron chi connectivity index (χ1n) is 7.92. The molecule has 0 unspecified atom stereocenters. The van der Waals surface area contributed by atoms with E-state index in [2.05, 4.69) is 35.0 Å². The van der Waals surface area contributed by atoms with E-state index >= 15 is 0 Å². The summed E-state index contributed by atoms with van der Waals surface area (Å²) in [4.78, 5) is 13.0. The van der Waals surface area contributed by atoms with E-state index in [1.54, 1.807) is 11.3 Å². The molecule has 1 aliphatic heterocycles. The van der Waals surface area contributed by atoms with Crippen LogP contribution in [-0.2, 0) is 11.2 Å². The Hall–Kier alpha value is -1.98. The molecule has 0 amide bonds. The summed E-state index contributed by atoms with van der Waals surface area (Å²) in [5.41, 5.74) is 3.42. The molecule has 0 aliphatic carbocycles. The molecule has 0 N–H and O–H groups in total. The largest absolute Gasteiger partial charge is 0.378 e.